The number of carbonyl (C=O) groups excluding carboxylic acids is 2. The summed E-state index contributed by atoms with van der Waals surface area (Å²) in [5.74, 6) is -0.106. The summed E-state index contributed by atoms with van der Waals surface area (Å²) in [6.07, 6.45) is 0.491. The zero-order valence-electron chi connectivity index (χ0n) is 16.9. The molecule has 0 heterocycles. The average molecular weight is 437 g/mol. The van der Waals surface area contributed by atoms with Gasteiger partial charge in [0, 0.05) is 18.1 Å². The third-order valence-electron chi connectivity index (χ3n) is 4.58. The molecular weight excluding hydrogens is 411 g/mol. The molecule has 2 aromatic rings. The van der Waals surface area contributed by atoms with Gasteiger partial charge >= 0.3 is 0 Å². The zero-order valence-corrected chi connectivity index (χ0v) is 18.4. The number of likely N-dealkylation sites (N-methyl/N-ethyl adjacent to an activating group) is 1. The predicted molar refractivity (Wildman–Crippen MR) is 116 cm³/mol. The normalized spacial score (nSPS) is 11.6. The Morgan fingerprint density at radius 2 is 1.86 bits per heavy atom. The van der Waals surface area contributed by atoms with Crippen molar-refractivity contribution in [3.8, 4) is 5.75 Å². The third kappa shape index (κ3) is 6.38. The number of rotatable bonds is 9. The number of benzene rings is 2. The Labute approximate surface area is 181 Å². The van der Waals surface area contributed by atoms with Crippen molar-refractivity contribution in [3.05, 3.63) is 63.6 Å². The van der Waals surface area contributed by atoms with Crippen molar-refractivity contribution in [3.63, 3.8) is 0 Å². The van der Waals surface area contributed by atoms with Crippen LogP contribution in [0.1, 0.15) is 31.4 Å². The maximum absolute atomic E-state index is 13.1. The van der Waals surface area contributed by atoms with Gasteiger partial charge in [0.25, 0.3) is 5.91 Å². The predicted octanol–water partition coefficient (Wildman–Crippen LogP) is 4.62. The molecule has 7 heteroatoms. The van der Waals surface area contributed by atoms with E-state index in [1.807, 2.05) is 45.0 Å². The Balaban J connectivity index is 2.23. The van der Waals surface area contributed by atoms with Crippen LogP contribution in [-0.2, 0) is 16.1 Å². The third-order valence-corrected chi connectivity index (χ3v) is 5.11. The first-order valence-electron chi connectivity index (χ1n) is 9.56. The molecule has 0 radical (unpaired) electrons. The molecule has 0 saturated heterocycles. The second-order valence-electron chi connectivity index (χ2n) is 6.63. The fourth-order valence-electron chi connectivity index (χ4n) is 3.00. The molecule has 1 atom stereocenters. The first-order chi connectivity index (χ1) is 13.9. The highest BCUT2D eigenvalue weighted by Crippen LogP contribution is 2.27. The van der Waals surface area contributed by atoms with Crippen molar-refractivity contribution in [2.45, 2.75) is 39.8 Å². The lowest BCUT2D eigenvalue weighted by atomic mass is 10.1. The Bertz CT molecular complexity index is 858. The van der Waals surface area contributed by atoms with Crippen molar-refractivity contribution in [1.29, 1.82) is 0 Å². The molecule has 0 saturated carbocycles. The van der Waals surface area contributed by atoms with E-state index in [2.05, 4.69) is 5.32 Å². The van der Waals surface area contributed by atoms with Gasteiger partial charge in [-0.1, -0.05) is 54.4 Å². The number of carbonyl (C=O) groups is 2. The molecule has 2 amide bonds. The topological polar surface area (TPSA) is 58.6 Å². The van der Waals surface area contributed by atoms with Gasteiger partial charge in [-0.2, -0.15) is 0 Å². The average Bonchev–Trinajstić information content (AvgIpc) is 2.68. The van der Waals surface area contributed by atoms with E-state index in [1.54, 1.807) is 23.1 Å². The van der Waals surface area contributed by atoms with Gasteiger partial charge in [-0.3, -0.25) is 9.59 Å². The van der Waals surface area contributed by atoms with Gasteiger partial charge in [0.1, 0.15) is 11.8 Å². The lowest BCUT2D eigenvalue weighted by molar-refractivity contribution is -0.142. The number of aryl methyl sites for hydroxylation is 1. The van der Waals surface area contributed by atoms with Crippen LogP contribution < -0.4 is 10.1 Å². The molecule has 0 aliphatic carbocycles. The molecule has 5 nitrogen and oxygen atoms in total. The number of hydrogen-bond acceptors (Lipinski definition) is 3. The van der Waals surface area contributed by atoms with Crippen LogP contribution in [0, 0.1) is 6.92 Å². The minimum atomic E-state index is -0.591. The Hall–Kier alpha value is -2.24. The van der Waals surface area contributed by atoms with E-state index < -0.39 is 6.04 Å². The summed E-state index contributed by atoms with van der Waals surface area (Å²) in [5.41, 5.74) is 2.03. The van der Waals surface area contributed by atoms with E-state index in [0.29, 0.717) is 35.3 Å². The number of hydrogen-bond donors (Lipinski definition) is 1. The number of ether oxygens (including phenoxy) is 1. The summed E-state index contributed by atoms with van der Waals surface area (Å²) in [6, 6.07) is 12.0. The van der Waals surface area contributed by atoms with Crippen molar-refractivity contribution in [2.75, 3.05) is 13.2 Å². The zero-order chi connectivity index (χ0) is 21.4. The molecule has 0 aromatic heterocycles. The molecule has 2 rings (SSSR count). The Kier molecular flexibility index (Phi) is 8.80. The number of nitrogens with one attached hydrogen (secondary N) is 1. The summed E-state index contributed by atoms with van der Waals surface area (Å²) in [4.78, 5) is 27.2. The molecule has 0 spiro atoms. The Morgan fingerprint density at radius 1 is 1.14 bits per heavy atom. The van der Waals surface area contributed by atoms with Crippen molar-refractivity contribution in [1.82, 2.24) is 10.2 Å². The van der Waals surface area contributed by atoms with E-state index in [4.69, 9.17) is 27.9 Å². The molecule has 2 aromatic carbocycles. The molecule has 0 fully saturated rings. The van der Waals surface area contributed by atoms with E-state index in [-0.39, 0.29) is 18.4 Å². The van der Waals surface area contributed by atoms with Crippen molar-refractivity contribution >= 4 is 35.0 Å². The van der Waals surface area contributed by atoms with Crippen LogP contribution in [0.3, 0.4) is 0 Å². The van der Waals surface area contributed by atoms with E-state index in [1.165, 1.54) is 0 Å². The number of nitrogens with zero attached hydrogens (tertiary/aromatic N) is 1. The van der Waals surface area contributed by atoms with E-state index in [0.717, 1.165) is 11.1 Å². The highest BCUT2D eigenvalue weighted by molar-refractivity contribution is 6.35. The van der Waals surface area contributed by atoms with Crippen LogP contribution in [-0.4, -0.2) is 35.9 Å². The monoisotopic (exact) mass is 436 g/mol. The van der Waals surface area contributed by atoms with Gasteiger partial charge in [-0.05, 0) is 49.6 Å². The van der Waals surface area contributed by atoms with Crippen LogP contribution >= 0.6 is 23.2 Å². The SMILES string of the molecule is CCNC(=O)C(CC)N(Cc1ccccc1C)C(=O)COc1ccc(Cl)cc1Cl. The standard InChI is InChI=1S/C22H26Cl2N2O3/c1-4-19(22(28)25-5-2)26(13-16-9-7-6-8-15(16)3)21(27)14-29-20-11-10-17(23)12-18(20)24/h6-12,19H,4-5,13-14H2,1-3H3,(H,25,28). The van der Waals surface area contributed by atoms with Crippen LogP contribution in [0.2, 0.25) is 10.0 Å². The van der Waals surface area contributed by atoms with Gasteiger partial charge in [-0.25, -0.2) is 0 Å². The van der Waals surface area contributed by atoms with Crippen LogP contribution in [0.15, 0.2) is 42.5 Å². The molecule has 0 aliphatic heterocycles. The molecule has 0 aliphatic rings. The van der Waals surface area contributed by atoms with E-state index in [9.17, 15) is 9.59 Å². The van der Waals surface area contributed by atoms with Gasteiger partial charge in [0.05, 0.1) is 5.02 Å². The second kappa shape index (κ2) is 11.1. The summed E-state index contributed by atoms with van der Waals surface area (Å²) < 4.78 is 5.62. The fourth-order valence-corrected chi connectivity index (χ4v) is 3.46. The van der Waals surface area contributed by atoms with E-state index >= 15 is 0 Å². The minimum Gasteiger partial charge on any atom is -0.482 e. The number of halogens is 2. The maximum atomic E-state index is 13.1. The smallest absolute Gasteiger partial charge is 0.261 e. The molecule has 1 N–H and O–H groups in total. The highest BCUT2D eigenvalue weighted by Gasteiger charge is 2.29. The second-order valence-corrected chi connectivity index (χ2v) is 7.47. The lowest BCUT2D eigenvalue weighted by Gasteiger charge is -2.31. The van der Waals surface area contributed by atoms with Crippen LogP contribution in [0.25, 0.3) is 0 Å². The number of amides is 2. The highest BCUT2D eigenvalue weighted by atomic mass is 35.5. The Morgan fingerprint density at radius 3 is 2.48 bits per heavy atom. The van der Waals surface area contributed by atoms with Gasteiger partial charge in [0.2, 0.25) is 5.91 Å². The van der Waals surface area contributed by atoms with Crippen molar-refractivity contribution < 1.29 is 14.3 Å². The summed E-state index contributed by atoms with van der Waals surface area (Å²) in [5, 5.41) is 3.62. The summed E-state index contributed by atoms with van der Waals surface area (Å²) in [7, 11) is 0. The molecular formula is C22H26Cl2N2O3. The van der Waals surface area contributed by atoms with Crippen molar-refractivity contribution in [2.24, 2.45) is 0 Å². The molecule has 156 valence electrons. The summed E-state index contributed by atoms with van der Waals surface area (Å²) in [6.45, 7) is 6.30. The van der Waals surface area contributed by atoms with Gasteiger partial charge in [0.15, 0.2) is 6.61 Å². The maximum Gasteiger partial charge on any atom is 0.261 e. The van der Waals surface area contributed by atoms with Gasteiger partial charge < -0.3 is 15.0 Å². The molecule has 0 bridgehead atoms. The quantitative estimate of drug-likeness (QED) is 0.623. The first kappa shape index (κ1) is 23.0. The van der Waals surface area contributed by atoms with Crippen LogP contribution in [0.5, 0.6) is 5.75 Å². The summed E-state index contributed by atoms with van der Waals surface area (Å²) >= 11 is 12.0. The van der Waals surface area contributed by atoms with Gasteiger partial charge in [-0.15, -0.1) is 0 Å². The largest absolute Gasteiger partial charge is 0.482 e. The fraction of sp³-hybridized carbons (Fsp3) is 0.364. The lowest BCUT2D eigenvalue weighted by Crippen LogP contribution is -2.50. The molecule has 29 heavy (non-hydrogen) atoms. The minimum absolute atomic E-state index is 0.179. The van der Waals surface area contributed by atoms with Crippen LogP contribution in [0.4, 0.5) is 0 Å². The first-order valence-corrected chi connectivity index (χ1v) is 10.3. The molecule has 1 unspecified atom stereocenters.